The van der Waals surface area contributed by atoms with E-state index in [1.165, 1.54) is 19.5 Å². The number of H-pyrrole nitrogens is 1. The molecule has 1 aromatic heterocycles. The molecule has 4 N–H and O–H groups in total. The van der Waals surface area contributed by atoms with E-state index in [9.17, 15) is 9.59 Å². The first kappa shape index (κ1) is 13.0. The second-order valence-electron chi connectivity index (χ2n) is 3.28. The summed E-state index contributed by atoms with van der Waals surface area (Å²) in [5.41, 5.74) is 0.523. The van der Waals surface area contributed by atoms with E-state index in [0.29, 0.717) is 5.69 Å². The van der Waals surface area contributed by atoms with Crippen LogP contribution in [-0.2, 0) is 9.53 Å². The molecule has 0 aliphatic heterocycles. The van der Waals surface area contributed by atoms with Crippen LogP contribution in [0.1, 0.15) is 6.42 Å². The summed E-state index contributed by atoms with van der Waals surface area (Å²) < 4.78 is 4.90. The first-order chi connectivity index (χ1) is 8.11. The summed E-state index contributed by atoms with van der Waals surface area (Å²) in [4.78, 5) is 21.8. The molecule has 1 unspecified atom stereocenters. The zero-order valence-electron chi connectivity index (χ0n) is 9.27. The highest BCUT2D eigenvalue weighted by Gasteiger charge is 2.13. The van der Waals surface area contributed by atoms with Gasteiger partial charge in [-0.05, 0) is 0 Å². The van der Waals surface area contributed by atoms with Gasteiger partial charge in [-0.3, -0.25) is 9.89 Å². The van der Waals surface area contributed by atoms with Crippen molar-refractivity contribution in [3.05, 3.63) is 12.4 Å². The molecule has 1 aromatic rings. The van der Waals surface area contributed by atoms with Crippen molar-refractivity contribution in [1.82, 2.24) is 15.5 Å². The Hall–Kier alpha value is -2.09. The number of ether oxygens (including phenoxy) is 1. The van der Waals surface area contributed by atoms with Crippen molar-refractivity contribution in [1.29, 1.82) is 0 Å². The number of carboxylic acids is 1. The predicted octanol–water partition coefficient (Wildman–Crippen LogP) is 0.0209. The van der Waals surface area contributed by atoms with Gasteiger partial charge in [-0.2, -0.15) is 5.10 Å². The second kappa shape index (κ2) is 6.48. The number of anilines is 1. The largest absolute Gasteiger partial charge is 0.481 e. The Morgan fingerprint density at radius 2 is 2.41 bits per heavy atom. The minimum Gasteiger partial charge on any atom is -0.481 e. The fraction of sp³-hybridized carbons (Fsp3) is 0.444. The molecule has 0 aliphatic carbocycles. The van der Waals surface area contributed by atoms with Crippen molar-refractivity contribution in [2.45, 2.75) is 12.5 Å². The summed E-state index contributed by atoms with van der Waals surface area (Å²) in [6.45, 7) is 0.118. The second-order valence-corrected chi connectivity index (χ2v) is 3.28. The van der Waals surface area contributed by atoms with Gasteiger partial charge in [-0.1, -0.05) is 0 Å². The fourth-order valence-electron chi connectivity index (χ4n) is 1.13. The Morgan fingerprint density at radius 3 is 2.94 bits per heavy atom. The number of carbonyl (C=O) groups excluding carboxylic acids is 1. The van der Waals surface area contributed by atoms with E-state index in [1.807, 2.05) is 0 Å². The summed E-state index contributed by atoms with van der Waals surface area (Å²) in [7, 11) is 1.39. The lowest BCUT2D eigenvalue weighted by Gasteiger charge is -2.13. The average molecular weight is 242 g/mol. The highest BCUT2D eigenvalue weighted by molar-refractivity contribution is 5.88. The molecule has 1 heterocycles. The van der Waals surface area contributed by atoms with Crippen molar-refractivity contribution in [2.75, 3.05) is 19.0 Å². The molecule has 17 heavy (non-hydrogen) atoms. The van der Waals surface area contributed by atoms with E-state index in [4.69, 9.17) is 9.84 Å². The monoisotopic (exact) mass is 242 g/mol. The van der Waals surface area contributed by atoms with Crippen LogP contribution in [0.2, 0.25) is 0 Å². The number of nitrogens with one attached hydrogen (secondary N) is 3. The van der Waals surface area contributed by atoms with Crippen LogP contribution in [0.3, 0.4) is 0 Å². The van der Waals surface area contributed by atoms with E-state index >= 15 is 0 Å². The van der Waals surface area contributed by atoms with Crippen molar-refractivity contribution >= 4 is 17.7 Å². The number of aromatic amines is 1. The van der Waals surface area contributed by atoms with E-state index in [-0.39, 0.29) is 13.0 Å². The van der Waals surface area contributed by atoms with Crippen LogP contribution in [0.15, 0.2) is 12.4 Å². The molecule has 0 saturated carbocycles. The zero-order chi connectivity index (χ0) is 12.7. The van der Waals surface area contributed by atoms with Gasteiger partial charge in [0.15, 0.2) is 0 Å². The Bertz CT molecular complexity index is 365. The normalized spacial score (nSPS) is 11.8. The van der Waals surface area contributed by atoms with Crippen molar-refractivity contribution in [3.8, 4) is 0 Å². The lowest BCUT2D eigenvalue weighted by Crippen LogP contribution is -2.37. The van der Waals surface area contributed by atoms with Crippen LogP contribution in [0.4, 0.5) is 10.5 Å². The van der Waals surface area contributed by atoms with E-state index in [2.05, 4.69) is 20.8 Å². The molecular weight excluding hydrogens is 228 g/mol. The minimum absolute atomic E-state index is 0.118. The summed E-state index contributed by atoms with van der Waals surface area (Å²) >= 11 is 0. The maximum absolute atomic E-state index is 11.3. The molecule has 2 amide bonds. The number of aliphatic carboxylic acids is 1. The minimum atomic E-state index is -0.978. The number of methoxy groups -OCH3 is 1. The molecule has 0 aliphatic rings. The average Bonchev–Trinajstić information content (AvgIpc) is 2.76. The molecule has 1 atom stereocenters. The smallest absolute Gasteiger partial charge is 0.319 e. The maximum atomic E-state index is 11.3. The van der Waals surface area contributed by atoms with Gasteiger partial charge in [0.05, 0.1) is 24.4 Å². The van der Waals surface area contributed by atoms with Crippen LogP contribution in [0, 0.1) is 0 Å². The van der Waals surface area contributed by atoms with Gasteiger partial charge >= 0.3 is 12.0 Å². The molecular formula is C9H14N4O4. The number of amides is 2. The van der Waals surface area contributed by atoms with Crippen LogP contribution in [0.25, 0.3) is 0 Å². The number of aromatic nitrogens is 2. The number of carbonyl (C=O) groups is 2. The molecule has 0 fully saturated rings. The van der Waals surface area contributed by atoms with Gasteiger partial charge in [0.1, 0.15) is 0 Å². The summed E-state index contributed by atoms with van der Waals surface area (Å²) in [5, 5.41) is 19.8. The van der Waals surface area contributed by atoms with Gasteiger partial charge < -0.3 is 20.5 Å². The standard InChI is InChI=1S/C9H14N4O4/c1-17-7(2-8(14)15)5-10-9(16)13-6-3-11-12-4-6/h3-4,7H,2,5H2,1H3,(H,11,12)(H,14,15)(H2,10,13,16). The van der Waals surface area contributed by atoms with Gasteiger partial charge in [0.25, 0.3) is 0 Å². The summed E-state index contributed by atoms with van der Waals surface area (Å²) in [5.74, 6) is -0.978. The molecule has 0 spiro atoms. The third-order valence-electron chi connectivity index (χ3n) is 1.98. The Morgan fingerprint density at radius 1 is 1.65 bits per heavy atom. The van der Waals surface area contributed by atoms with Crippen molar-refractivity contribution < 1.29 is 19.4 Å². The molecule has 8 nitrogen and oxygen atoms in total. The van der Waals surface area contributed by atoms with Gasteiger partial charge in [0, 0.05) is 19.9 Å². The molecule has 0 radical (unpaired) electrons. The topological polar surface area (TPSA) is 116 Å². The lowest BCUT2D eigenvalue weighted by molar-refractivity contribution is -0.139. The summed E-state index contributed by atoms with van der Waals surface area (Å²) in [6, 6.07) is -0.446. The van der Waals surface area contributed by atoms with E-state index in [0.717, 1.165) is 0 Å². The number of hydrogen-bond donors (Lipinski definition) is 4. The molecule has 0 aromatic carbocycles. The molecule has 1 rings (SSSR count). The number of hydrogen-bond acceptors (Lipinski definition) is 4. The fourth-order valence-corrected chi connectivity index (χ4v) is 1.13. The van der Waals surface area contributed by atoms with Crippen LogP contribution < -0.4 is 10.6 Å². The van der Waals surface area contributed by atoms with Crippen LogP contribution in [0.5, 0.6) is 0 Å². The number of urea groups is 1. The zero-order valence-corrected chi connectivity index (χ0v) is 9.27. The predicted molar refractivity (Wildman–Crippen MR) is 58.7 cm³/mol. The highest BCUT2D eigenvalue weighted by atomic mass is 16.5. The van der Waals surface area contributed by atoms with Crippen molar-refractivity contribution in [2.24, 2.45) is 0 Å². The Balaban J connectivity index is 2.29. The lowest BCUT2D eigenvalue weighted by atomic mass is 10.2. The van der Waals surface area contributed by atoms with Crippen molar-refractivity contribution in [3.63, 3.8) is 0 Å². The van der Waals surface area contributed by atoms with Gasteiger partial charge in [-0.25, -0.2) is 4.79 Å². The first-order valence-electron chi connectivity index (χ1n) is 4.90. The van der Waals surface area contributed by atoms with E-state index < -0.39 is 18.1 Å². The van der Waals surface area contributed by atoms with Gasteiger partial charge in [0.2, 0.25) is 0 Å². The van der Waals surface area contributed by atoms with Crippen LogP contribution in [-0.4, -0.2) is 47.1 Å². The molecule has 8 heteroatoms. The first-order valence-corrected chi connectivity index (χ1v) is 4.90. The van der Waals surface area contributed by atoms with Crippen LogP contribution >= 0.6 is 0 Å². The summed E-state index contributed by atoms with van der Waals surface area (Å²) in [6.07, 6.45) is 2.25. The maximum Gasteiger partial charge on any atom is 0.319 e. The van der Waals surface area contributed by atoms with Gasteiger partial charge in [-0.15, -0.1) is 0 Å². The highest BCUT2D eigenvalue weighted by Crippen LogP contribution is 2.00. The molecule has 94 valence electrons. The van der Waals surface area contributed by atoms with E-state index in [1.54, 1.807) is 0 Å². The Kier molecular flexibility index (Phi) is 4.95. The number of nitrogens with zero attached hydrogens (tertiary/aromatic N) is 1. The number of rotatable bonds is 6. The number of carboxylic acid groups (broad SMARTS) is 1. The Labute approximate surface area is 97.3 Å². The third kappa shape index (κ3) is 4.98. The molecule has 0 bridgehead atoms. The third-order valence-corrected chi connectivity index (χ3v) is 1.98. The molecule has 0 saturated heterocycles. The quantitative estimate of drug-likeness (QED) is 0.561. The SMILES string of the molecule is COC(CNC(=O)Nc1cn[nH]c1)CC(=O)O.